The minimum Gasteiger partial charge on any atom is -0.322 e. The van der Waals surface area contributed by atoms with Crippen molar-refractivity contribution in [2.45, 2.75) is 20.3 Å². The van der Waals surface area contributed by atoms with E-state index in [1.807, 2.05) is 6.92 Å². The number of carbonyl (C=O) groups excluding carboxylic acids is 1. The van der Waals surface area contributed by atoms with Crippen molar-refractivity contribution < 1.29 is 9.63 Å². The number of nitrogens with zero attached hydrogens (tertiary/aromatic N) is 1. The van der Waals surface area contributed by atoms with Crippen LogP contribution in [0.25, 0.3) is 0 Å². The van der Waals surface area contributed by atoms with E-state index in [4.69, 9.17) is 0 Å². The summed E-state index contributed by atoms with van der Waals surface area (Å²) in [4.78, 5) is 13.6. The summed E-state index contributed by atoms with van der Waals surface area (Å²) in [6.45, 7) is 4.04. The molecule has 3 heteroatoms. The molecule has 46 valence electrons. The molecular weight excluding hydrogens is 106 g/mol. The van der Waals surface area contributed by atoms with Gasteiger partial charge >= 0.3 is 6.47 Å². The average molecular weight is 115 g/mol. The van der Waals surface area contributed by atoms with Crippen molar-refractivity contribution in [3.05, 3.63) is 0 Å². The molecule has 0 atom stereocenters. The van der Waals surface area contributed by atoms with Crippen molar-refractivity contribution in [3.63, 3.8) is 0 Å². The lowest BCUT2D eigenvalue weighted by molar-refractivity contribution is -0.128. The van der Waals surface area contributed by atoms with Crippen LogP contribution >= 0.6 is 0 Å². The molecular formula is C5H9NO2. The van der Waals surface area contributed by atoms with Crippen LogP contribution in [0.1, 0.15) is 20.3 Å². The number of hydrogen-bond donors (Lipinski definition) is 0. The van der Waals surface area contributed by atoms with E-state index in [9.17, 15) is 4.79 Å². The summed E-state index contributed by atoms with van der Waals surface area (Å²) in [6.07, 6.45) is 0.813. The SMILES string of the molecule is CCC(C)=NOC=O. The normalized spacial score (nSPS) is 11.0. The minimum absolute atomic E-state index is 0.305. The third-order valence-electron chi connectivity index (χ3n) is 0.763. The van der Waals surface area contributed by atoms with Gasteiger partial charge in [0.15, 0.2) is 0 Å². The summed E-state index contributed by atoms with van der Waals surface area (Å²) in [5.74, 6) is 0. The van der Waals surface area contributed by atoms with Crippen molar-refractivity contribution in [2.24, 2.45) is 5.16 Å². The third-order valence-corrected chi connectivity index (χ3v) is 0.763. The predicted octanol–water partition coefficient (Wildman–Crippen LogP) is 0.945. The van der Waals surface area contributed by atoms with Crippen molar-refractivity contribution in [1.29, 1.82) is 0 Å². The Kier molecular flexibility index (Phi) is 3.84. The molecule has 3 nitrogen and oxygen atoms in total. The fourth-order valence-corrected chi connectivity index (χ4v) is 0.176. The van der Waals surface area contributed by atoms with Gasteiger partial charge in [-0.05, 0) is 13.3 Å². The lowest BCUT2D eigenvalue weighted by Gasteiger charge is -1.87. The molecule has 0 spiro atoms. The number of oxime groups is 1. The molecule has 0 aliphatic heterocycles. The Bertz CT molecular complexity index is 98.6. The van der Waals surface area contributed by atoms with Crippen LogP contribution in [0.3, 0.4) is 0 Å². The van der Waals surface area contributed by atoms with Gasteiger partial charge in [0.25, 0.3) is 0 Å². The smallest absolute Gasteiger partial charge is 0.322 e. The fraction of sp³-hybridized carbons (Fsp3) is 0.600. The minimum atomic E-state index is 0.305. The predicted molar refractivity (Wildman–Crippen MR) is 30.5 cm³/mol. The average Bonchev–Trinajstić information content (AvgIpc) is 1.83. The maximum absolute atomic E-state index is 9.50. The summed E-state index contributed by atoms with van der Waals surface area (Å²) in [6, 6.07) is 0. The highest BCUT2D eigenvalue weighted by Crippen LogP contribution is 1.82. The van der Waals surface area contributed by atoms with Gasteiger partial charge in [0.05, 0.1) is 5.71 Å². The molecule has 0 heterocycles. The second kappa shape index (κ2) is 4.30. The second-order valence-corrected chi connectivity index (χ2v) is 1.38. The van der Waals surface area contributed by atoms with Crippen LogP contribution in [0.5, 0.6) is 0 Å². The Balaban J connectivity index is 3.40. The van der Waals surface area contributed by atoms with E-state index >= 15 is 0 Å². The molecule has 0 N–H and O–H groups in total. The van der Waals surface area contributed by atoms with Gasteiger partial charge in [-0.2, -0.15) is 0 Å². The van der Waals surface area contributed by atoms with Crippen LogP contribution in [-0.2, 0) is 9.63 Å². The standard InChI is InChI=1S/C5H9NO2/c1-3-5(2)6-8-4-7/h4H,3H2,1-2H3. The molecule has 0 saturated heterocycles. The molecule has 0 aliphatic rings. The molecule has 0 aliphatic carbocycles. The van der Waals surface area contributed by atoms with E-state index in [-0.39, 0.29) is 0 Å². The number of rotatable bonds is 3. The summed E-state index contributed by atoms with van der Waals surface area (Å²) in [7, 11) is 0. The van der Waals surface area contributed by atoms with Crippen molar-refractivity contribution in [3.8, 4) is 0 Å². The Labute approximate surface area is 48.3 Å². The highest BCUT2D eigenvalue weighted by molar-refractivity contribution is 5.81. The molecule has 0 aromatic heterocycles. The molecule has 0 fully saturated rings. The Morgan fingerprint density at radius 1 is 1.88 bits per heavy atom. The lowest BCUT2D eigenvalue weighted by atomic mass is 10.3. The molecule has 0 aromatic rings. The summed E-state index contributed by atoms with van der Waals surface area (Å²) >= 11 is 0. The van der Waals surface area contributed by atoms with E-state index in [1.54, 1.807) is 6.92 Å². The van der Waals surface area contributed by atoms with Crippen molar-refractivity contribution in [1.82, 2.24) is 0 Å². The molecule has 0 bridgehead atoms. The molecule has 0 saturated carbocycles. The quantitative estimate of drug-likeness (QED) is 0.238. The van der Waals surface area contributed by atoms with Crippen LogP contribution in [0, 0.1) is 0 Å². The highest BCUT2D eigenvalue weighted by atomic mass is 16.7. The summed E-state index contributed by atoms with van der Waals surface area (Å²) < 4.78 is 0. The van der Waals surface area contributed by atoms with Gasteiger partial charge in [-0.3, -0.25) is 4.79 Å². The van der Waals surface area contributed by atoms with Gasteiger partial charge in [0, 0.05) is 0 Å². The summed E-state index contributed by atoms with van der Waals surface area (Å²) in [5, 5.41) is 3.41. The zero-order valence-electron chi connectivity index (χ0n) is 5.05. The van der Waals surface area contributed by atoms with Gasteiger partial charge in [0.1, 0.15) is 0 Å². The first kappa shape index (κ1) is 7.14. The van der Waals surface area contributed by atoms with E-state index in [2.05, 4.69) is 9.99 Å². The Morgan fingerprint density at radius 3 is 2.88 bits per heavy atom. The molecule has 0 rings (SSSR count). The largest absolute Gasteiger partial charge is 0.323 e. The molecule has 0 unspecified atom stereocenters. The third kappa shape index (κ3) is 3.33. The van der Waals surface area contributed by atoms with Crippen LogP contribution < -0.4 is 0 Å². The summed E-state index contributed by atoms with van der Waals surface area (Å²) in [5.41, 5.74) is 0.817. The molecule has 0 amide bonds. The van der Waals surface area contributed by atoms with E-state index in [0.717, 1.165) is 12.1 Å². The maximum atomic E-state index is 9.50. The Morgan fingerprint density at radius 2 is 2.50 bits per heavy atom. The zero-order chi connectivity index (χ0) is 6.41. The zero-order valence-corrected chi connectivity index (χ0v) is 5.05. The topological polar surface area (TPSA) is 38.7 Å². The van der Waals surface area contributed by atoms with Crippen LogP contribution in [0.2, 0.25) is 0 Å². The monoisotopic (exact) mass is 115 g/mol. The van der Waals surface area contributed by atoms with Gasteiger partial charge in [0.2, 0.25) is 0 Å². The van der Waals surface area contributed by atoms with Crippen LogP contribution in [0.15, 0.2) is 5.16 Å². The Hall–Kier alpha value is -0.860. The van der Waals surface area contributed by atoms with Crippen molar-refractivity contribution in [2.75, 3.05) is 0 Å². The van der Waals surface area contributed by atoms with E-state index in [0.29, 0.717) is 6.47 Å². The van der Waals surface area contributed by atoms with Crippen LogP contribution in [0.4, 0.5) is 0 Å². The second-order valence-electron chi connectivity index (χ2n) is 1.38. The van der Waals surface area contributed by atoms with Gasteiger partial charge in [-0.15, -0.1) is 0 Å². The van der Waals surface area contributed by atoms with Crippen LogP contribution in [-0.4, -0.2) is 12.2 Å². The molecule has 0 radical (unpaired) electrons. The molecule has 0 aromatic carbocycles. The van der Waals surface area contributed by atoms with Crippen molar-refractivity contribution >= 4 is 12.2 Å². The fourth-order valence-electron chi connectivity index (χ4n) is 0.176. The maximum Gasteiger partial charge on any atom is 0.323 e. The first-order valence-corrected chi connectivity index (χ1v) is 2.44. The number of hydrogen-bond acceptors (Lipinski definition) is 3. The van der Waals surface area contributed by atoms with E-state index < -0.39 is 0 Å². The first-order valence-electron chi connectivity index (χ1n) is 2.44. The molecule has 8 heavy (non-hydrogen) atoms. The first-order chi connectivity index (χ1) is 3.81. The lowest BCUT2D eigenvalue weighted by Crippen LogP contribution is -1.88. The highest BCUT2D eigenvalue weighted by Gasteiger charge is 1.81. The number of carbonyl (C=O) groups is 1. The van der Waals surface area contributed by atoms with Gasteiger partial charge in [-0.1, -0.05) is 12.1 Å². The van der Waals surface area contributed by atoms with E-state index in [1.165, 1.54) is 0 Å². The van der Waals surface area contributed by atoms with Gasteiger partial charge < -0.3 is 4.84 Å². The van der Waals surface area contributed by atoms with Gasteiger partial charge in [-0.25, -0.2) is 0 Å².